The maximum atomic E-state index is 12.9. The number of carbonyl (C=O) groups excluding carboxylic acids is 1. The third-order valence-electron chi connectivity index (χ3n) is 1.76. The molecule has 0 atom stereocenters. The summed E-state index contributed by atoms with van der Waals surface area (Å²) in [4.78, 5) is 11.3. The summed E-state index contributed by atoms with van der Waals surface area (Å²) < 4.78 is 49.9. The van der Waals surface area contributed by atoms with Gasteiger partial charge in [-0.1, -0.05) is 15.9 Å². The van der Waals surface area contributed by atoms with E-state index in [1.165, 1.54) is 0 Å². The average molecular weight is 364 g/mol. The second-order valence-electron chi connectivity index (χ2n) is 2.87. The highest BCUT2D eigenvalue weighted by molar-refractivity contribution is 9.10. The molecule has 0 radical (unpaired) electrons. The largest absolute Gasteiger partial charge is 0.417 e. The van der Waals surface area contributed by atoms with Gasteiger partial charge in [-0.05, 0) is 28.1 Å². The van der Waals surface area contributed by atoms with Crippen molar-refractivity contribution in [3.8, 4) is 0 Å². The Balaban J connectivity index is 3.44. The number of carbonyl (C=O) groups is 1. The van der Waals surface area contributed by atoms with Crippen molar-refractivity contribution >= 4 is 37.6 Å². The Morgan fingerprint density at radius 2 is 1.88 bits per heavy atom. The summed E-state index contributed by atoms with van der Waals surface area (Å²) in [5.41, 5.74) is -1.53. The van der Waals surface area contributed by atoms with Gasteiger partial charge in [0.2, 0.25) is 0 Å². The fourth-order valence-electron chi connectivity index (χ4n) is 1.07. The molecule has 1 nitrogen and oxygen atoms in total. The Morgan fingerprint density at radius 3 is 2.31 bits per heavy atom. The summed E-state index contributed by atoms with van der Waals surface area (Å²) in [6.07, 6.45) is -4.71. The second kappa shape index (κ2) is 4.83. The second-order valence-corrected chi connectivity index (χ2v) is 4.22. The molecule has 0 unspecified atom stereocenters. The smallest absolute Gasteiger partial charge is 0.293 e. The molecule has 0 N–H and O–H groups in total. The average Bonchev–Trinajstić information content (AvgIpc) is 2.18. The maximum Gasteiger partial charge on any atom is 0.417 e. The molecular weight excluding hydrogens is 360 g/mol. The number of ketones is 1. The standard InChI is InChI=1S/C9H4Br2F4O/c10-3-7(16)5-1-4(12)2-6(8(5)11)9(13,14)15/h1-2H,3H2. The molecule has 0 saturated carbocycles. The number of Topliss-reactive ketones (excluding diaryl/α,β-unsaturated/α-hetero) is 1. The van der Waals surface area contributed by atoms with Crippen LogP contribution in [-0.4, -0.2) is 11.1 Å². The van der Waals surface area contributed by atoms with Crippen LogP contribution >= 0.6 is 31.9 Å². The van der Waals surface area contributed by atoms with Crippen molar-refractivity contribution in [2.45, 2.75) is 6.18 Å². The molecule has 0 fully saturated rings. The van der Waals surface area contributed by atoms with Gasteiger partial charge in [0.1, 0.15) is 5.82 Å². The number of hydrogen-bond acceptors (Lipinski definition) is 1. The lowest BCUT2D eigenvalue weighted by Gasteiger charge is -2.11. The van der Waals surface area contributed by atoms with E-state index in [-0.39, 0.29) is 10.9 Å². The van der Waals surface area contributed by atoms with Gasteiger partial charge in [0.05, 0.1) is 10.9 Å². The number of rotatable bonds is 2. The van der Waals surface area contributed by atoms with Gasteiger partial charge in [-0.2, -0.15) is 13.2 Å². The van der Waals surface area contributed by atoms with E-state index in [9.17, 15) is 22.4 Å². The van der Waals surface area contributed by atoms with Crippen molar-refractivity contribution in [3.05, 3.63) is 33.5 Å². The lowest BCUT2D eigenvalue weighted by Crippen LogP contribution is -2.11. The fourth-order valence-corrected chi connectivity index (χ4v) is 2.05. The summed E-state index contributed by atoms with van der Waals surface area (Å²) in [7, 11) is 0. The van der Waals surface area contributed by atoms with Gasteiger partial charge in [0, 0.05) is 10.0 Å². The van der Waals surface area contributed by atoms with Crippen LogP contribution < -0.4 is 0 Å². The van der Waals surface area contributed by atoms with Gasteiger partial charge >= 0.3 is 6.18 Å². The van der Waals surface area contributed by atoms with Gasteiger partial charge in [0.15, 0.2) is 5.78 Å². The minimum absolute atomic E-state index is 0.174. The zero-order valence-electron chi connectivity index (χ0n) is 7.54. The van der Waals surface area contributed by atoms with Gasteiger partial charge in [-0.25, -0.2) is 4.39 Å². The van der Waals surface area contributed by atoms with Crippen LogP contribution in [-0.2, 0) is 6.18 Å². The monoisotopic (exact) mass is 362 g/mol. The Bertz CT molecular complexity index is 428. The molecule has 1 aromatic carbocycles. The van der Waals surface area contributed by atoms with E-state index in [4.69, 9.17) is 0 Å². The van der Waals surface area contributed by atoms with E-state index in [2.05, 4.69) is 31.9 Å². The lowest BCUT2D eigenvalue weighted by molar-refractivity contribution is -0.138. The highest BCUT2D eigenvalue weighted by Crippen LogP contribution is 2.37. The summed E-state index contributed by atoms with van der Waals surface area (Å²) in [5, 5.41) is -0.174. The Hall–Kier alpha value is -0.430. The number of halogens is 6. The third kappa shape index (κ3) is 2.82. The van der Waals surface area contributed by atoms with Crippen molar-refractivity contribution in [1.29, 1.82) is 0 Å². The molecule has 0 aromatic heterocycles. The fraction of sp³-hybridized carbons (Fsp3) is 0.222. The molecular formula is C9H4Br2F4O. The van der Waals surface area contributed by atoms with E-state index in [1.54, 1.807) is 0 Å². The predicted molar refractivity (Wildman–Crippen MR) is 57.2 cm³/mol. The molecule has 1 aromatic rings. The van der Waals surface area contributed by atoms with Crippen LogP contribution in [0.3, 0.4) is 0 Å². The van der Waals surface area contributed by atoms with Crippen molar-refractivity contribution < 1.29 is 22.4 Å². The van der Waals surface area contributed by atoms with Gasteiger partial charge in [-0.3, -0.25) is 4.79 Å². The first kappa shape index (κ1) is 13.6. The number of benzene rings is 1. The molecule has 0 amide bonds. The molecule has 0 bridgehead atoms. The van der Waals surface area contributed by atoms with E-state index in [0.717, 1.165) is 6.07 Å². The third-order valence-corrected chi connectivity index (χ3v) is 3.13. The van der Waals surface area contributed by atoms with Crippen molar-refractivity contribution in [2.24, 2.45) is 0 Å². The van der Waals surface area contributed by atoms with Gasteiger partial charge in [-0.15, -0.1) is 0 Å². The summed E-state index contributed by atoms with van der Waals surface area (Å²) >= 11 is 5.48. The van der Waals surface area contributed by atoms with Crippen LogP contribution in [0.25, 0.3) is 0 Å². The summed E-state index contributed by atoms with van der Waals surface area (Å²) in [6, 6.07) is 1.11. The first-order chi connectivity index (χ1) is 7.27. The molecule has 16 heavy (non-hydrogen) atoms. The Labute approximate surface area is 105 Å². The topological polar surface area (TPSA) is 17.1 Å². The quantitative estimate of drug-likeness (QED) is 0.437. The van der Waals surface area contributed by atoms with Gasteiger partial charge in [0.25, 0.3) is 0 Å². The minimum atomic E-state index is -4.71. The van der Waals surface area contributed by atoms with E-state index >= 15 is 0 Å². The first-order valence-corrected chi connectivity index (χ1v) is 5.84. The molecule has 0 heterocycles. The molecule has 7 heteroatoms. The molecule has 1 rings (SSSR count). The number of hydrogen-bond donors (Lipinski definition) is 0. The maximum absolute atomic E-state index is 12.9. The molecule has 0 aliphatic rings. The predicted octanol–water partition coefficient (Wildman–Crippen LogP) is 4.18. The van der Waals surface area contributed by atoms with Crippen LogP contribution in [0.15, 0.2) is 16.6 Å². The normalized spacial score (nSPS) is 11.6. The van der Waals surface area contributed by atoms with E-state index < -0.39 is 27.8 Å². The molecule has 0 saturated heterocycles. The van der Waals surface area contributed by atoms with Crippen molar-refractivity contribution in [2.75, 3.05) is 5.33 Å². The van der Waals surface area contributed by atoms with Crippen LogP contribution in [0.5, 0.6) is 0 Å². The molecule has 0 aliphatic carbocycles. The van der Waals surface area contributed by atoms with Crippen LogP contribution in [0.1, 0.15) is 15.9 Å². The zero-order chi connectivity index (χ0) is 12.5. The SMILES string of the molecule is O=C(CBr)c1cc(F)cc(C(F)(F)F)c1Br. The van der Waals surface area contributed by atoms with Crippen LogP contribution in [0, 0.1) is 5.82 Å². The van der Waals surface area contributed by atoms with E-state index in [1.807, 2.05) is 0 Å². The molecule has 0 aliphatic heterocycles. The summed E-state index contributed by atoms with van der Waals surface area (Å²) in [5.74, 6) is -1.73. The zero-order valence-corrected chi connectivity index (χ0v) is 10.7. The number of alkyl halides is 4. The summed E-state index contributed by atoms with van der Waals surface area (Å²) in [6.45, 7) is 0. The molecule has 0 spiro atoms. The van der Waals surface area contributed by atoms with Gasteiger partial charge < -0.3 is 0 Å². The Morgan fingerprint density at radius 1 is 1.31 bits per heavy atom. The Kier molecular flexibility index (Phi) is 4.12. The van der Waals surface area contributed by atoms with Crippen LogP contribution in [0.2, 0.25) is 0 Å². The minimum Gasteiger partial charge on any atom is -0.293 e. The van der Waals surface area contributed by atoms with E-state index in [0.29, 0.717) is 6.07 Å². The van der Waals surface area contributed by atoms with Crippen LogP contribution in [0.4, 0.5) is 17.6 Å². The van der Waals surface area contributed by atoms with Crippen molar-refractivity contribution in [1.82, 2.24) is 0 Å². The van der Waals surface area contributed by atoms with Crippen molar-refractivity contribution in [3.63, 3.8) is 0 Å². The molecule has 88 valence electrons. The first-order valence-electron chi connectivity index (χ1n) is 3.92. The highest BCUT2D eigenvalue weighted by atomic mass is 79.9. The highest BCUT2D eigenvalue weighted by Gasteiger charge is 2.35. The lowest BCUT2D eigenvalue weighted by atomic mass is 10.1.